The van der Waals surface area contributed by atoms with Gasteiger partial charge >= 0.3 is 0 Å². The molecule has 0 fully saturated rings. The van der Waals surface area contributed by atoms with Gasteiger partial charge in [0.05, 0.1) is 25.0 Å². The molecule has 0 unspecified atom stereocenters. The summed E-state index contributed by atoms with van der Waals surface area (Å²) in [4.78, 5) is 12.3. The van der Waals surface area contributed by atoms with Crippen LogP contribution < -0.4 is 14.8 Å². The van der Waals surface area contributed by atoms with E-state index in [1.807, 2.05) is 0 Å². The first-order valence-electron chi connectivity index (χ1n) is 8.75. The van der Waals surface area contributed by atoms with Crippen molar-refractivity contribution in [3.8, 4) is 23.0 Å². The summed E-state index contributed by atoms with van der Waals surface area (Å²) in [5.74, 6) is 0.956. The number of nitrogens with zero attached hydrogens (tertiary/aromatic N) is 2. The molecule has 0 aliphatic heterocycles. The molecule has 9 heteroatoms. The number of carbonyl (C=O) groups excluding carboxylic acids is 1. The van der Waals surface area contributed by atoms with Crippen molar-refractivity contribution < 1.29 is 23.1 Å². The monoisotopic (exact) mass is 417 g/mol. The predicted octanol–water partition coefficient (Wildman–Crippen LogP) is 3.69. The number of methoxy groups -OCH3 is 2. The Labute approximate surface area is 171 Å². The Kier molecular flexibility index (Phi) is 6.71. The fourth-order valence-electron chi connectivity index (χ4n) is 2.48. The lowest BCUT2D eigenvalue weighted by molar-refractivity contribution is -0.120. The van der Waals surface area contributed by atoms with Crippen molar-refractivity contribution in [3.05, 3.63) is 53.8 Å². The van der Waals surface area contributed by atoms with Crippen LogP contribution in [0.5, 0.6) is 11.5 Å². The number of aromatic nitrogens is 2. The summed E-state index contributed by atoms with van der Waals surface area (Å²) in [5.41, 5.74) is 1.43. The minimum Gasteiger partial charge on any atom is -0.497 e. The van der Waals surface area contributed by atoms with Crippen LogP contribution in [0.25, 0.3) is 11.5 Å². The van der Waals surface area contributed by atoms with Crippen molar-refractivity contribution in [2.75, 3.05) is 14.2 Å². The third-order valence-electron chi connectivity index (χ3n) is 4.07. The number of ether oxygens (including phenoxy) is 2. The lowest BCUT2D eigenvalue weighted by atomic mass is 10.2. The summed E-state index contributed by atoms with van der Waals surface area (Å²) in [7, 11) is 3.11. The van der Waals surface area contributed by atoms with Gasteiger partial charge < -0.3 is 19.2 Å². The molecule has 3 rings (SSSR count). The summed E-state index contributed by atoms with van der Waals surface area (Å²) >= 11 is 1.15. The fraction of sp³-hybridized carbons (Fsp3) is 0.250. The van der Waals surface area contributed by atoms with Crippen molar-refractivity contribution in [3.63, 3.8) is 0 Å². The zero-order chi connectivity index (χ0) is 20.8. The first-order valence-corrected chi connectivity index (χ1v) is 9.63. The largest absolute Gasteiger partial charge is 0.497 e. The summed E-state index contributed by atoms with van der Waals surface area (Å²) in [6, 6.07) is 11.2. The average molecular weight is 417 g/mol. The maximum absolute atomic E-state index is 12.9. The highest BCUT2D eigenvalue weighted by Gasteiger charge is 2.20. The predicted molar refractivity (Wildman–Crippen MR) is 106 cm³/mol. The highest BCUT2D eigenvalue weighted by molar-refractivity contribution is 8.00. The molecule has 0 aliphatic carbocycles. The van der Waals surface area contributed by atoms with Gasteiger partial charge in [0.25, 0.3) is 11.1 Å². The number of hydrogen-bond acceptors (Lipinski definition) is 7. The number of nitrogens with one attached hydrogen (secondary N) is 1. The molecule has 3 aromatic rings. The van der Waals surface area contributed by atoms with E-state index < -0.39 is 5.25 Å². The Balaban J connectivity index is 1.62. The molecular formula is C20H20FN3O4S. The molecule has 1 heterocycles. The van der Waals surface area contributed by atoms with Crippen molar-refractivity contribution in [2.24, 2.45) is 0 Å². The maximum Gasteiger partial charge on any atom is 0.277 e. The van der Waals surface area contributed by atoms with Crippen LogP contribution in [0.1, 0.15) is 12.5 Å². The highest BCUT2D eigenvalue weighted by atomic mass is 32.2. The Morgan fingerprint density at radius 2 is 1.93 bits per heavy atom. The maximum atomic E-state index is 12.9. The summed E-state index contributed by atoms with van der Waals surface area (Å²) in [5, 5.41) is 10.6. The van der Waals surface area contributed by atoms with Gasteiger partial charge in [-0.25, -0.2) is 4.39 Å². The third-order valence-corrected chi connectivity index (χ3v) is 5.01. The van der Waals surface area contributed by atoms with E-state index >= 15 is 0 Å². The number of benzene rings is 2. The topological polar surface area (TPSA) is 86.5 Å². The lowest BCUT2D eigenvalue weighted by Crippen LogP contribution is -2.30. The fourth-order valence-corrected chi connectivity index (χ4v) is 3.19. The number of hydrogen-bond donors (Lipinski definition) is 1. The molecular weight excluding hydrogens is 397 g/mol. The van der Waals surface area contributed by atoms with Crippen LogP contribution in [0.15, 0.2) is 52.1 Å². The highest BCUT2D eigenvalue weighted by Crippen LogP contribution is 2.34. The van der Waals surface area contributed by atoms with Gasteiger partial charge in [-0.2, -0.15) is 0 Å². The molecule has 0 radical (unpaired) electrons. The Morgan fingerprint density at radius 3 is 2.62 bits per heavy atom. The van der Waals surface area contributed by atoms with Crippen molar-refractivity contribution >= 4 is 17.7 Å². The molecule has 0 saturated heterocycles. The minimum absolute atomic E-state index is 0.193. The number of halogens is 1. The summed E-state index contributed by atoms with van der Waals surface area (Å²) in [6.07, 6.45) is 0. The molecule has 0 bridgehead atoms. The first kappa shape index (κ1) is 20.7. The summed E-state index contributed by atoms with van der Waals surface area (Å²) in [6.45, 7) is 2.05. The van der Waals surface area contributed by atoms with Crippen LogP contribution in [0.3, 0.4) is 0 Å². The van der Waals surface area contributed by atoms with Crippen LogP contribution in [0.4, 0.5) is 4.39 Å². The van der Waals surface area contributed by atoms with E-state index in [0.29, 0.717) is 23.6 Å². The van der Waals surface area contributed by atoms with Crippen LogP contribution in [0.2, 0.25) is 0 Å². The van der Waals surface area contributed by atoms with E-state index in [1.54, 1.807) is 44.4 Å². The van der Waals surface area contributed by atoms with E-state index in [2.05, 4.69) is 15.5 Å². The standard InChI is InChI=1S/C20H20FN3O4S/c1-12(18(25)22-11-13-4-6-14(21)7-5-13)29-20-24-23-19(28-20)16-9-8-15(26-2)10-17(16)27-3/h4-10,12H,11H2,1-3H3,(H,22,25)/t12-/m0/s1. The van der Waals surface area contributed by atoms with Gasteiger partial charge in [-0.05, 0) is 36.8 Å². The van der Waals surface area contributed by atoms with Gasteiger partial charge in [-0.3, -0.25) is 4.79 Å². The molecule has 7 nitrogen and oxygen atoms in total. The molecule has 1 amide bonds. The molecule has 1 aromatic heterocycles. The molecule has 2 aromatic carbocycles. The quantitative estimate of drug-likeness (QED) is 0.560. The lowest BCUT2D eigenvalue weighted by Gasteiger charge is -2.10. The van der Waals surface area contributed by atoms with Crippen LogP contribution in [-0.2, 0) is 11.3 Å². The van der Waals surface area contributed by atoms with Crippen LogP contribution in [0, 0.1) is 5.82 Å². The van der Waals surface area contributed by atoms with Crippen LogP contribution in [-0.4, -0.2) is 35.6 Å². The first-order chi connectivity index (χ1) is 14.0. The van der Waals surface area contributed by atoms with E-state index in [9.17, 15) is 9.18 Å². The van der Waals surface area contributed by atoms with E-state index in [4.69, 9.17) is 13.9 Å². The van der Waals surface area contributed by atoms with Crippen molar-refractivity contribution in [1.29, 1.82) is 0 Å². The van der Waals surface area contributed by atoms with E-state index in [-0.39, 0.29) is 22.8 Å². The normalized spacial score (nSPS) is 11.7. The second-order valence-corrected chi connectivity index (χ2v) is 7.34. The zero-order valence-corrected chi connectivity index (χ0v) is 17.0. The number of amides is 1. The molecule has 152 valence electrons. The van der Waals surface area contributed by atoms with Crippen molar-refractivity contribution in [1.82, 2.24) is 15.5 Å². The van der Waals surface area contributed by atoms with Crippen LogP contribution >= 0.6 is 11.8 Å². The van der Waals surface area contributed by atoms with Gasteiger partial charge in [0.2, 0.25) is 5.91 Å². The second kappa shape index (κ2) is 9.42. The van der Waals surface area contributed by atoms with Gasteiger partial charge in [0.15, 0.2) is 0 Å². The molecule has 0 spiro atoms. The van der Waals surface area contributed by atoms with Gasteiger partial charge in [-0.15, -0.1) is 10.2 Å². The number of carbonyl (C=O) groups is 1. The Bertz CT molecular complexity index is 978. The molecule has 1 N–H and O–H groups in total. The SMILES string of the molecule is COc1ccc(-c2nnc(S[C@@H](C)C(=O)NCc3ccc(F)cc3)o2)c(OC)c1. The number of rotatable bonds is 8. The minimum atomic E-state index is -0.457. The van der Waals surface area contributed by atoms with Gasteiger partial charge in [0.1, 0.15) is 17.3 Å². The Hall–Kier alpha value is -3.07. The van der Waals surface area contributed by atoms with Gasteiger partial charge in [0, 0.05) is 12.6 Å². The number of thioether (sulfide) groups is 1. The Morgan fingerprint density at radius 1 is 1.17 bits per heavy atom. The average Bonchev–Trinajstić information content (AvgIpc) is 3.20. The molecule has 0 aliphatic rings. The molecule has 1 atom stereocenters. The third kappa shape index (κ3) is 5.26. The van der Waals surface area contributed by atoms with E-state index in [0.717, 1.165) is 17.3 Å². The molecule has 29 heavy (non-hydrogen) atoms. The van der Waals surface area contributed by atoms with Gasteiger partial charge in [-0.1, -0.05) is 23.9 Å². The molecule has 0 saturated carbocycles. The second-order valence-electron chi connectivity index (χ2n) is 6.04. The smallest absolute Gasteiger partial charge is 0.277 e. The van der Waals surface area contributed by atoms with E-state index in [1.165, 1.54) is 19.2 Å². The summed E-state index contributed by atoms with van der Waals surface area (Å²) < 4.78 is 29.1. The van der Waals surface area contributed by atoms with Crippen molar-refractivity contribution in [2.45, 2.75) is 23.9 Å². The zero-order valence-electron chi connectivity index (χ0n) is 16.1.